The molecular formula is C62H45N5. The SMILES string of the molecule is C=C/C=C(\C)n1c(C)c(/C=C\C)c2cc(-c3ccc4c(c3)c3ccccc3n4-c3cc(-c4nc(-c5ccccc5)nc(-c5ccccc5)n4)cc4c5ccccc5c5ccccc5c34)ccc21. The van der Waals surface area contributed by atoms with Gasteiger partial charge in [0.2, 0.25) is 0 Å². The maximum Gasteiger partial charge on any atom is 0.164 e. The summed E-state index contributed by atoms with van der Waals surface area (Å²) in [6.45, 7) is 10.4. The molecule has 12 aromatic rings. The number of nitrogens with zero attached hydrogens (tertiary/aromatic N) is 5. The molecule has 9 aromatic carbocycles. The summed E-state index contributed by atoms with van der Waals surface area (Å²) < 4.78 is 4.80. The molecule has 67 heavy (non-hydrogen) atoms. The van der Waals surface area contributed by atoms with Crippen molar-refractivity contribution in [3.05, 3.63) is 218 Å². The second-order valence-corrected chi connectivity index (χ2v) is 17.2. The number of hydrogen-bond acceptors (Lipinski definition) is 3. The summed E-state index contributed by atoms with van der Waals surface area (Å²) in [5.74, 6) is 1.87. The van der Waals surface area contributed by atoms with Crippen LogP contribution in [0.1, 0.15) is 25.1 Å². The first-order valence-corrected chi connectivity index (χ1v) is 22.8. The number of para-hydroxylation sites is 1. The molecule has 0 saturated carbocycles. The molecule has 3 heterocycles. The minimum atomic E-state index is 0.614. The van der Waals surface area contributed by atoms with E-state index in [9.17, 15) is 0 Å². The van der Waals surface area contributed by atoms with Crippen LogP contribution in [0.2, 0.25) is 0 Å². The minimum Gasteiger partial charge on any atom is -0.317 e. The first kappa shape index (κ1) is 39.9. The maximum absolute atomic E-state index is 5.26. The standard InChI is InChI=1S/C62H45N5/c1-5-19-39(3)66-40(4)46(20-6-2)52-35-43(31-33-56(52)66)44-32-34-57-53(36-44)50-28-17-18-30-55(50)67(57)58-38-45(37-54-49-27-14-13-25-47(49)48-26-15-16-29-51(48)59(54)58)62-64-60(41-21-9-7-10-22-41)63-61(65-62)42-23-11-8-12-24-42/h5-38H,1H2,2-4H3/b20-6-,39-19+. The van der Waals surface area contributed by atoms with E-state index >= 15 is 0 Å². The molecule has 0 unspecified atom stereocenters. The van der Waals surface area contributed by atoms with Crippen molar-refractivity contribution >= 4 is 76.8 Å². The Morgan fingerprint density at radius 2 is 0.955 bits per heavy atom. The van der Waals surface area contributed by atoms with Crippen LogP contribution in [0.3, 0.4) is 0 Å². The lowest BCUT2D eigenvalue weighted by molar-refractivity contribution is 1.07. The molecule has 0 amide bonds. The van der Waals surface area contributed by atoms with Gasteiger partial charge in [-0.25, -0.2) is 15.0 Å². The van der Waals surface area contributed by atoms with Gasteiger partial charge in [0.25, 0.3) is 0 Å². The maximum atomic E-state index is 5.26. The Balaban J connectivity index is 1.15. The summed E-state index contributed by atoms with van der Waals surface area (Å²) in [4.78, 5) is 15.6. The largest absolute Gasteiger partial charge is 0.317 e. The summed E-state index contributed by atoms with van der Waals surface area (Å²) in [5.41, 5.74) is 13.2. The van der Waals surface area contributed by atoms with Crippen LogP contribution in [-0.4, -0.2) is 24.1 Å². The Bertz CT molecular complexity index is 3960. The van der Waals surface area contributed by atoms with Crippen LogP contribution >= 0.6 is 0 Å². The van der Waals surface area contributed by atoms with Crippen molar-refractivity contribution in [2.24, 2.45) is 0 Å². The normalized spacial score (nSPS) is 12.2. The highest BCUT2D eigenvalue weighted by atomic mass is 15.0. The van der Waals surface area contributed by atoms with Gasteiger partial charge in [0.05, 0.1) is 22.2 Å². The monoisotopic (exact) mass is 859 g/mol. The third kappa shape index (κ3) is 6.50. The molecule has 0 N–H and O–H groups in total. The fourth-order valence-corrected chi connectivity index (χ4v) is 10.4. The smallest absolute Gasteiger partial charge is 0.164 e. The highest BCUT2D eigenvalue weighted by Gasteiger charge is 2.22. The van der Waals surface area contributed by atoms with E-state index in [4.69, 9.17) is 15.0 Å². The lowest BCUT2D eigenvalue weighted by Gasteiger charge is -2.18. The third-order valence-electron chi connectivity index (χ3n) is 13.3. The van der Waals surface area contributed by atoms with Gasteiger partial charge in [0, 0.05) is 55.2 Å². The van der Waals surface area contributed by atoms with Crippen molar-refractivity contribution in [1.82, 2.24) is 24.1 Å². The van der Waals surface area contributed by atoms with E-state index in [1.807, 2.05) is 42.5 Å². The minimum absolute atomic E-state index is 0.614. The molecule has 0 saturated heterocycles. The van der Waals surface area contributed by atoms with Gasteiger partial charge in [-0.05, 0) is 107 Å². The van der Waals surface area contributed by atoms with E-state index < -0.39 is 0 Å². The molecule has 0 bridgehead atoms. The first-order chi connectivity index (χ1) is 33.0. The number of benzene rings is 9. The molecule has 0 aliphatic carbocycles. The van der Waals surface area contributed by atoms with Crippen LogP contribution in [0, 0.1) is 6.92 Å². The lowest BCUT2D eigenvalue weighted by Crippen LogP contribution is -2.02. The van der Waals surface area contributed by atoms with Gasteiger partial charge in [0.15, 0.2) is 17.5 Å². The number of hydrogen-bond donors (Lipinski definition) is 0. The molecule has 0 aliphatic rings. The van der Waals surface area contributed by atoms with Crippen molar-refractivity contribution in [1.29, 1.82) is 0 Å². The van der Waals surface area contributed by atoms with Gasteiger partial charge < -0.3 is 9.13 Å². The van der Waals surface area contributed by atoms with Crippen LogP contribution in [-0.2, 0) is 0 Å². The number of aromatic nitrogens is 5. The Kier molecular flexibility index (Phi) is 9.58. The molecule has 0 radical (unpaired) electrons. The second kappa shape index (κ2) is 16.1. The van der Waals surface area contributed by atoms with Gasteiger partial charge in [-0.1, -0.05) is 164 Å². The summed E-state index contributed by atoms with van der Waals surface area (Å²) in [6, 6.07) is 65.2. The van der Waals surface area contributed by atoms with Crippen molar-refractivity contribution < 1.29 is 0 Å². The van der Waals surface area contributed by atoms with Crippen molar-refractivity contribution in [2.75, 3.05) is 0 Å². The van der Waals surface area contributed by atoms with E-state index in [1.165, 1.54) is 65.4 Å². The third-order valence-corrected chi connectivity index (χ3v) is 13.3. The molecule has 0 atom stereocenters. The highest BCUT2D eigenvalue weighted by Crippen LogP contribution is 2.44. The topological polar surface area (TPSA) is 48.5 Å². The van der Waals surface area contributed by atoms with E-state index in [0.29, 0.717) is 17.5 Å². The summed E-state index contributed by atoms with van der Waals surface area (Å²) in [5, 5.41) is 10.7. The number of allylic oxidation sites excluding steroid dienone is 4. The molecule has 318 valence electrons. The van der Waals surface area contributed by atoms with E-state index in [-0.39, 0.29) is 0 Å². The van der Waals surface area contributed by atoms with Crippen LogP contribution < -0.4 is 0 Å². The van der Waals surface area contributed by atoms with Crippen LogP contribution in [0.5, 0.6) is 0 Å². The highest BCUT2D eigenvalue weighted by molar-refractivity contribution is 6.28. The zero-order valence-electron chi connectivity index (χ0n) is 37.6. The quantitative estimate of drug-likeness (QED) is 0.113. The molecule has 5 nitrogen and oxygen atoms in total. The number of fused-ring (bicyclic) bond motifs is 10. The zero-order chi connectivity index (χ0) is 45.2. The first-order valence-electron chi connectivity index (χ1n) is 22.8. The molecule has 5 heteroatoms. The molecular weight excluding hydrogens is 815 g/mol. The van der Waals surface area contributed by atoms with Gasteiger partial charge in [-0.15, -0.1) is 0 Å². The molecule has 0 spiro atoms. The van der Waals surface area contributed by atoms with Crippen LogP contribution in [0.4, 0.5) is 0 Å². The van der Waals surface area contributed by atoms with Crippen molar-refractivity contribution in [2.45, 2.75) is 20.8 Å². The van der Waals surface area contributed by atoms with Crippen molar-refractivity contribution in [3.8, 4) is 51.0 Å². The van der Waals surface area contributed by atoms with Crippen LogP contribution in [0.25, 0.3) is 128 Å². The Hall–Kier alpha value is -8.67. The molecule has 0 aliphatic heterocycles. The molecule has 3 aromatic heterocycles. The van der Waals surface area contributed by atoms with Gasteiger partial charge >= 0.3 is 0 Å². The van der Waals surface area contributed by atoms with E-state index in [2.05, 4.69) is 200 Å². The van der Waals surface area contributed by atoms with Gasteiger partial charge in [0.1, 0.15) is 0 Å². The molecule has 0 fully saturated rings. The van der Waals surface area contributed by atoms with Crippen LogP contribution in [0.15, 0.2) is 207 Å². The summed E-state index contributed by atoms with van der Waals surface area (Å²) in [7, 11) is 0. The summed E-state index contributed by atoms with van der Waals surface area (Å²) >= 11 is 0. The zero-order valence-corrected chi connectivity index (χ0v) is 37.6. The predicted octanol–water partition coefficient (Wildman–Crippen LogP) is 16.4. The molecule has 12 rings (SSSR count). The Labute approximate surface area is 389 Å². The lowest BCUT2D eigenvalue weighted by atomic mass is 9.91. The Morgan fingerprint density at radius 3 is 1.58 bits per heavy atom. The average Bonchev–Trinajstić information content (AvgIpc) is 3.86. The van der Waals surface area contributed by atoms with Crippen molar-refractivity contribution in [3.63, 3.8) is 0 Å². The second-order valence-electron chi connectivity index (χ2n) is 17.2. The van der Waals surface area contributed by atoms with E-state index in [1.54, 1.807) is 0 Å². The summed E-state index contributed by atoms with van der Waals surface area (Å²) in [6.07, 6.45) is 8.28. The van der Waals surface area contributed by atoms with Gasteiger partial charge in [-0.2, -0.15) is 0 Å². The van der Waals surface area contributed by atoms with Gasteiger partial charge in [-0.3, -0.25) is 0 Å². The Morgan fingerprint density at radius 1 is 0.463 bits per heavy atom. The fraction of sp³-hybridized carbons (Fsp3) is 0.0484. The fourth-order valence-electron chi connectivity index (χ4n) is 10.4. The predicted molar refractivity (Wildman–Crippen MR) is 284 cm³/mol. The average molecular weight is 860 g/mol. The number of rotatable bonds is 8. The van der Waals surface area contributed by atoms with E-state index in [0.717, 1.165) is 50.1 Å².